The summed E-state index contributed by atoms with van der Waals surface area (Å²) in [5, 5.41) is 2.82. The Labute approximate surface area is 254 Å². The molecule has 0 aromatic heterocycles. The zero-order chi connectivity index (χ0) is 30.8. The van der Waals surface area contributed by atoms with Crippen LogP contribution in [-0.2, 0) is 26.2 Å². The van der Waals surface area contributed by atoms with Crippen LogP contribution in [0.25, 0.3) is 0 Å². The topological polar surface area (TPSA) is 96.0 Å². The molecular formula is C34H37N3O5S. The molecule has 2 amide bonds. The van der Waals surface area contributed by atoms with E-state index in [1.54, 1.807) is 42.5 Å². The molecule has 0 saturated carbocycles. The maximum Gasteiger partial charge on any atom is 0.264 e. The molecule has 4 aromatic carbocycles. The number of hydrogen-bond donors (Lipinski definition) is 1. The van der Waals surface area contributed by atoms with Gasteiger partial charge in [-0.1, -0.05) is 73.2 Å². The summed E-state index contributed by atoms with van der Waals surface area (Å²) in [6, 6.07) is 30.7. The van der Waals surface area contributed by atoms with Gasteiger partial charge in [-0.3, -0.25) is 13.9 Å². The average Bonchev–Trinajstić information content (AvgIpc) is 3.01. The van der Waals surface area contributed by atoms with Crippen molar-refractivity contribution in [1.29, 1.82) is 0 Å². The minimum atomic E-state index is -4.15. The second-order valence-electron chi connectivity index (χ2n) is 10.1. The SMILES string of the molecule is CCNC(=O)C(CC)N(Cc1cccc(C)c1)C(=O)CN(c1ccc(Oc2ccccc2)cc1)S(=O)(=O)c1ccccc1. The van der Waals surface area contributed by atoms with Crippen molar-refractivity contribution in [3.8, 4) is 11.5 Å². The molecule has 1 atom stereocenters. The van der Waals surface area contributed by atoms with Crippen molar-refractivity contribution < 1.29 is 22.7 Å². The van der Waals surface area contributed by atoms with Crippen LogP contribution in [0.3, 0.4) is 0 Å². The molecule has 0 aliphatic heterocycles. The predicted octanol–water partition coefficient (Wildman–Crippen LogP) is 5.93. The zero-order valence-electron chi connectivity index (χ0n) is 24.6. The molecule has 1 N–H and O–H groups in total. The van der Waals surface area contributed by atoms with Crippen molar-refractivity contribution in [3.05, 3.63) is 120 Å². The third-order valence-corrected chi connectivity index (χ3v) is 8.67. The second kappa shape index (κ2) is 14.5. The van der Waals surface area contributed by atoms with Crippen LogP contribution in [0.1, 0.15) is 31.4 Å². The number of nitrogens with zero attached hydrogens (tertiary/aromatic N) is 2. The van der Waals surface area contributed by atoms with Crippen LogP contribution < -0.4 is 14.4 Å². The van der Waals surface area contributed by atoms with Crippen LogP contribution in [0.2, 0.25) is 0 Å². The Morgan fingerprint density at radius 3 is 2.05 bits per heavy atom. The number of likely N-dealkylation sites (N-methyl/N-ethyl adjacent to an activating group) is 1. The lowest BCUT2D eigenvalue weighted by molar-refractivity contribution is -0.140. The van der Waals surface area contributed by atoms with E-state index in [2.05, 4.69) is 5.32 Å². The summed E-state index contributed by atoms with van der Waals surface area (Å²) >= 11 is 0. The third-order valence-electron chi connectivity index (χ3n) is 6.89. The summed E-state index contributed by atoms with van der Waals surface area (Å²) in [7, 11) is -4.15. The number of carbonyl (C=O) groups excluding carboxylic acids is 2. The van der Waals surface area contributed by atoms with Crippen LogP contribution in [-0.4, -0.2) is 44.3 Å². The summed E-state index contributed by atoms with van der Waals surface area (Å²) in [5.74, 6) is 0.373. The van der Waals surface area contributed by atoms with Crippen molar-refractivity contribution in [3.63, 3.8) is 0 Å². The molecule has 224 valence electrons. The summed E-state index contributed by atoms with van der Waals surface area (Å²) in [5.41, 5.74) is 2.15. The quantitative estimate of drug-likeness (QED) is 0.206. The molecule has 0 saturated heterocycles. The van der Waals surface area contributed by atoms with Gasteiger partial charge in [0.25, 0.3) is 10.0 Å². The minimum Gasteiger partial charge on any atom is -0.457 e. The second-order valence-corrected chi connectivity index (χ2v) is 11.9. The molecule has 8 nitrogen and oxygen atoms in total. The number of aryl methyl sites for hydroxylation is 1. The largest absolute Gasteiger partial charge is 0.457 e. The van der Waals surface area contributed by atoms with Crippen molar-refractivity contribution in [2.75, 3.05) is 17.4 Å². The lowest BCUT2D eigenvalue weighted by Gasteiger charge is -2.33. The lowest BCUT2D eigenvalue weighted by atomic mass is 10.1. The highest BCUT2D eigenvalue weighted by Crippen LogP contribution is 2.28. The fourth-order valence-corrected chi connectivity index (χ4v) is 6.21. The van der Waals surface area contributed by atoms with Gasteiger partial charge in [0.2, 0.25) is 11.8 Å². The van der Waals surface area contributed by atoms with Crippen LogP contribution >= 0.6 is 0 Å². The number of anilines is 1. The van der Waals surface area contributed by atoms with E-state index < -0.39 is 28.5 Å². The molecule has 0 heterocycles. The van der Waals surface area contributed by atoms with Gasteiger partial charge in [0, 0.05) is 13.1 Å². The number of benzene rings is 4. The Morgan fingerprint density at radius 2 is 1.44 bits per heavy atom. The standard InChI is InChI=1S/C34H37N3O5S/c1-4-32(34(39)35-5-2)36(24-27-14-12-13-26(3)23-27)33(38)25-37(43(40,41)31-17-10-7-11-18-31)28-19-21-30(22-20-28)42-29-15-8-6-9-16-29/h6-23,32H,4-5,24-25H2,1-3H3,(H,35,39). The Balaban J connectivity index is 1.71. The van der Waals surface area contributed by atoms with Crippen molar-refractivity contribution >= 4 is 27.5 Å². The third kappa shape index (κ3) is 8.02. The fourth-order valence-electron chi connectivity index (χ4n) is 4.77. The number of carbonyl (C=O) groups is 2. The van der Waals surface area contributed by atoms with Gasteiger partial charge in [-0.25, -0.2) is 8.42 Å². The molecule has 0 aliphatic rings. The number of amides is 2. The highest BCUT2D eigenvalue weighted by atomic mass is 32.2. The highest BCUT2D eigenvalue weighted by molar-refractivity contribution is 7.92. The smallest absolute Gasteiger partial charge is 0.264 e. The number of hydrogen-bond acceptors (Lipinski definition) is 5. The monoisotopic (exact) mass is 599 g/mol. The summed E-state index contributed by atoms with van der Waals surface area (Å²) in [6.07, 6.45) is 0.361. The molecular weight excluding hydrogens is 562 g/mol. The maximum atomic E-state index is 14.1. The molecule has 0 bridgehead atoms. The van der Waals surface area contributed by atoms with E-state index in [0.29, 0.717) is 30.2 Å². The first-order valence-corrected chi connectivity index (χ1v) is 15.7. The van der Waals surface area contributed by atoms with Gasteiger partial charge >= 0.3 is 0 Å². The number of sulfonamides is 1. The van der Waals surface area contributed by atoms with Crippen LogP contribution in [0, 0.1) is 6.92 Å². The lowest BCUT2D eigenvalue weighted by Crippen LogP contribution is -2.52. The highest BCUT2D eigenvalue weighted by Gasteiger charge is 2.33. The van der Waals surface area contributed by atoms with E-state index in [-0.39, 0.29) is 17.3 Å². The number of rotatable bonds is 13. The maximum absolute atomic E-state index is 14.1. The van der Waals surface area contributed by atoms with Gasteiger partial charge < -0.3 is 15.0 Å². The van der Waals surface area contributed by atoms with Crippen molar-refractivity contribution in [2.45, 2.75) is 44.7 Å². The zero-order valence-corrected chi connectivity index (χ0v) is 25.5. The van der Waals surface area contributed by atoms with Gasteiger partial charge in [0.15, 0.2) is 0 Å². The van der Waals surface area contributed by atoms with Gasteiger partial charge in [0.1, 0.15) is 24.1 Å². The minimum absolute atomic E-state index is 0.0495. The summed E-state index contributed by atoms with van der Waals surface area (Å²) in [6.45, 7) is 5.66. The molecule has 0 aliphatic carbocycles. The molecule has 1 unspecified atom stereocenters. The van der Waals surface area contributed by atoms with Crippen molar-refractivity contribution in [1.82, 2.24) is 10.2 Å². The molecule has 9 heteroatoms. The molecule has 0 fully saturated rings. The first-order chi connectivity index (χ1) is 20.7. The van der Waals surface area contributed by atoms with E-state index in [1.165, 1.54) is 17.0 Å². The van der Waals surface area contributed by atoms with Crippen LogP contribution in [0.15, 0.2) is 114 Å². The summed E-state index contributed by atoms with van der Waals surface area (Å²) in [4.78, 5) is 28.7. The fraction of sp³-hybridized carbons (Fsp3) is 0.235. The van der Waals surface area contributed by atoms with Gasteiger partial charge in [0.05, 0.1) is 10.6 Å². The van der Waals surface area contributed by atoms with Crippen LogP contribution in [0.4, 0.5) is 5.69 Å². The Morgan fingerprint density at radius 1 is 0.814 bits per heavy atom. The van der Waals surface area contributed by atoms with Gasteiger partial charge in [-0.15, -0.1) is 0 Å². The van der Waals surface area contributed by atoms with E-state index >= 15 is 0 Å². The number of ether oxygens (including phenoxy) is 1. The van der Waals surface area contributed by atoms with E-state index in [0.717, 1.165) is 15.4 Å². The Hall–Kier alpha value is -4.63. The molecule has 4 aromatic rings. The molecule has 43 heavy (non-hydrogen) atoms. The van der Waals surface area contributed by atoms with E-state index in [9.17, 15) is 18.0 Å². The molecule has 4 rings (SSSR count). The molecule has 0 spiro atoms. The average molecular weight is 600 g/mol. The van der Waals surface area contributed by atoms with E-state index in [1.807, 2.05) is 75.4 Å². The first-order valence-electron chi connectivity index (χ1n) is 14.3. The molecule has 0 radical (unpaired) electrons. The normalized spacial score (nSPS) is 11.8. The first kappa shape index (κ1) is 31.3. The summed E-state index contributed by atoms with van der Waals surface area (Å²) < 4.78 is 35.0. The van der Waals surface area contributed by atoms with Gasteiger partial charge in [-0.05, 0) is 74.4 Å². The number of nitrogens with one attached hydrogen (secondary N) is 1. The van der Waals surface area contributed by atoms with E-state index in [4.69, 9.17) is 4.74 Å². The van der Waals surface area contributed by atoms with Crippen LogP contribution in [0.5, 0.6) is 11.5 Å². The number of para-hydroxylation sites is 1. The Bertz CT molecular complexity index is 1610. The van der Waals surface area contributed by atoms with Gasteiger partial charge in [-0.2, -0.15) is 0 Å². The predicted molar refractivity (Wildman–Crippen MR) is 168 cm³/mol. The Kier molecular flexibility index (Phi) is 10.6. The van der Waals surface area contributed by atoms with Crippen molar-refractivity contribution in [2.24, 2.45) is 0 Å².